The van der Waals surface area contributed by atoms with Gasteiger partial charge < -0.3 is 0 Å². The molecule has 1 N–H and O–H groups in total. The molecule has 0 aliphatic heterocycles. The van der Waals surface area contributed by atoms with E-state index in [1.807, 2.05) is 4.72 Å². The molecule has 1 aliphatic rings. The van der Waals surface area contributed by atoms with Crippen LogP contribution in [0, 0.1) is 11.6 Å². The van der Waals surface area contributed by atoms with Crippen molar-refractivity contribution in [1.82, 2.24) is 4.72 Å². The molecule has 0 heterocycles. The molecular weight excluding hydrogens is 384 g/mol. The van der Waals surface area contributed by atoms with Crippen molar-refractivity contribution < 1.29 is 22.0 Å². The van der Waals surface area contributed by atoms with E-state index in [9.17, 15) is 22.0 Å². The quantitative estimate of drug-likeness (QED) is 0.852. The molecule has 26 heavy (non-hydrogen) atoms. The van der Waals surface area contributed by atoms with E-state index >= 15 is 0 Å². The van der Waals surface area contributed by atoms with Gasteiger partial charge in [0.2, 0.25) is 5.91 Å². The van der Waals surface area contributed by atoms with Crippen molar-refractivity contribution in [3.63, 3.8) is 0 Å². The minimum atomic E-state index is -4.70. The monoisotopic (exact) mass is 399 g/mol. The van der Waals surface area contributed by atoms with E-state index in [1.165, 1.54) is 0 Å². The van der Waals surface area contributed by atoms with E-state index in [0.29, 0.717) is 29.8 Å². The largest absolute Gasteiger partial charge is 0.273 e. The Morgan fingerprint density at radius 2 is 1.81 bits per heavy atom. The number of halogens is 3. The van der Waals surface area contributed by atoms with Crippen LogP contribution in [0.1, 0.15) is 30.9 Å². The maximum atomic E-state index is 13.9. The summed E-state index contributed by atoms with van der Waals surface area (Å²) in [6.45, 7) is 1.76. The molecule has 0 fully saturated rings. The molecule has 4 nitrogen and oxygen atoms in total. The number of nitrogens with one attached hydrogen (secondary N) is 1. The normalized spacial score (nSPS) is 19.2. The van der Waals surface area contributed by atoms with Crippen LogP contribution >= 0.6 is 11.6 Å². The van der Waals surface area contributed by atoms with Gasteiger partial charge in [-0.25, -0.2) is 21.9 Å². The van der Waals surface area contributed by atoms with E-state index in [-0.39, 0.29) is 0 Å². The standard InChI is InChI=1S/C18H16ClF2NO3S/c1-2-18(10-9-11-12(18)5-3-6-13(11)19)17(23)22-26(24,25)16-14(20)7-4-8-15(16)21/h3-8H,2,9-10H2,1H3,(H,22,23). The fourth-order valence-corrected chi connectivity index (χ4v) is 4.97. The average Bonchev–Trinajstić information content (AvgIpc) is 2.95. The first-order valence-corrected chi connectivity index (χ1v) is 9.88. The van der Waals surface area contributed by atoms with Crippen molar-refractivity contribution in [2.75, 3.05) is 0 Å². The Bertz CT molecular complexity index is 974. The molecule has 2 aromatic carbocycles. The van der Waals surface area contributed by atoms with E-state index in [2.05, 4.69) is 0 Å². The van der Waals surface area contributed by atoms with Crippen LogP contribution in [0.5, 0.6) is 0 Å². The number of fused-ring (bicyclic) bond motifs is 1. The lowest BCUT2D eigenvalue weighted by Gasteiger charge is -2.27. The topological polar surface area (TPSA) is 63.2 Å². The van der Waals surface area contributed by atoms with Gasteiger partial charge in [0.15, 0.2) is 4.90 Å². The fourth-order valence-electron chi connectivity index (χ4n) is 3.51. The van der Waals surface area contributed by atoms with Crippen LogP contribution < -0.4 is 4.72 Å². The smallest absolute Gasteiger partial charge is 0.269 e. The molecule has 0 saturated heterocycles. The minimum absolute atomic E-state index is 0.321. The van der Waals surface area contributed by atoms with Gasteiger partial charge in [-0.3, -0.25) is 4.79 Å². The summed E-state index contributed by atoms with van der Waals surface area (Å²) >= 11 is 6.18. The molecule has 0 radical (unpaired) electrons. The zero-order valence-electron chi connectivity index (χ0n) is 13.9. The number of rotatable bonds is 4. The Kier molecular flexibility index (Phi) is 4.79. The van der Waals surface area contributed by atoms with Crippen molar-refractivity contribution in [3.05, 3.63) is 64.2 Å². The molecule has 0 aromatic heterocycles. The highest BCUT2D eigenvalue weighted by Gasteiger charge is 2.46. The maximum absolute atomic E-state index is 13.9. The van der Waals surface area contributed by atoms with E-state index in [4.69, 9.17) is 11.6 Å². The van der Waals surface area contributed by atoms with Crippen LogP contribution in [0.15, 0.2) is 41.3 Å². The number of carbonyl (C=O) groups is 1. The zero-order chi connectivity index (χ0) is 19.1. The number of amides is 1. The molecule has 0 bridgehead atoms. The second-order valence-corrected chi connectivity index (χ2v) is 8.21. The number of hydrogen-bond acceptors (Lipinski definition) is 3. The summed E-state index contributed by atoms with van der Waals surface area (Å²) < 4.78 is 54.4. The Morgan fingerprint density at radius 1 is 1.19 bits per heavy atom. The number of carbonyl (C=O) groups excluding carboxylic acids is 1. The third-order valence-electron chi connectivity index (χ3n) is 4.89. The van der Waals surface area contributed by atoms with Crippen LogP contribution in [0.4, 0.5) is 8.78 Å². The average molecular weight is 400 g/mol. The predicted octanol–water partition coefficient (Wildman–Crippen LogP) is 3.72. The molecule has 1 unspecified atom stereocenters. The number of benzene rings is 2. The van der Waals surface area contributed by atoms with Gasteiger partial charge in [-0.05, 0) is 48.6 Å². The SMILES string of the molecule is CCC1(C(=O)NS(=O)(=O)c2c(F)cccc2F)CCc2c(Cl)cccc21. The van der Waals surface area contributed by atoms with Crippen LogP contribution in [-0.4, -0.2) is 14.3 Å². The first-order valence-electron chi connectivity index (χ1n) is 8.02. The molecule has 138 valence electrons. The highest BCUT2D eigenvalue weighted by molar-refractivity contribution is 7.90. The summed E-state index contributed by atoms with van der Waals surface area (Å²) in [7, 11) is -4.70. The maximum Gasteiger partial charge on any atom is 0.269 e. The second-order valence-electron chi connectivity index (χ2n) is 6.19. The molecule has 1 aliphatic carbocycles. The van der Waals surface area contributed by atoms with Gasteiger partial charge in [0.25, 0.3) is 10.0 Å². The molecule has 8 heteroatoms. The van der Waals surface area contributed by atoms with Crippen LogP contribution in [0.2, 0.25) is 5.02 Å². The highest BCUT2D eigenvalue weighted by Crippen LogP contribution is 2.44. The Labute approximate surface area is 155 Å². The third kappa shape index (κ3) is 2.89. The first-order chi connectivity index (χ1) is 12.2. The fraction of sp³-hybridized carbons (Fsp3) is 0.278. The number of hydrogen-bond donors (Lipinski definition) is 1. The summed E-state index contributed by atoms with van der Waals surface area (Å²) in [5.41, 5.74) is 0.324. The Morgan fingerprint density at radius 3 is 2.42 bits per heavy atom. The van der Waals surface area contributed by atoms with Gasteiger partial charge in [0.1, 0.15) is 11.6 Å². The molecule has 0 spiro atoms. The van der Waals surface area contributed by atoms with Crippen molar-refractivity contribution in [2.45, 2.75) is 36.5 Å². The molecule has 1 amide bonds. The van der Waals surface area contributed by atoms with Crippen LogP contribution in [-0.2, 0) is 26.7 Å². The van der Waals surface area contributed by atoms with Crippen LogP contribution in [0.3, 0.4) is 0 Å². The Balaban J connectivity index is 2.02. The summed E-state index contributed by atoms with van der Waals surface area (Å²) in [6, 6.07) is 7.82. The van der Waals surface area contributed by atoms with E-state index in [1.54, 1.807) is 25.1 Å². The molecular formula is C18H16ClF2NO3S. The lowest BCUT2D eigenvalue weighted by atomic mass is 9.79. The summed E-state index contributed by atoms with van der Waals surface area (Å²) in [5, 5.41) is 0.508. The Hall–Kier alpha value is -1.99. The lowest BCUT2D eigenvalue weighted by Crippen LogP contribution is -2.45. The van der Waals surface area contributed by atoms with Gasteiger partial charge in [-0.15, -0.1) is 0 Å². The number of sulfonamides is 1. The van der Waals surface area contributed by atoms with E-state index < -0.39 is 37.9 Å². The van der Waals surface area contributed by atoms with Crippen molar-refractivity contribution in [2.24, 2.45) is 0 Å². The first kappa shape index (κ1) is 18.8. The van der Waals surface area contributed by atoms with E-state index in [0.717, 1.165) is 23.8 Å². The minimum Gasteiger partial charge on any atom is -0.273 e. The molecule has 3 rings (SSSR count). The van der Waals surface area contributed by atoms with Gasteiger partial charge in [0.05, 0.1) is 5.41 Å². The highest BCUT2D eigenvalue weighted by atomic mass is 35.5. The molecule has 2 aromatic rings. The summed E-state index contributed by atoms with van der Waals surface area (Å²) in [5.74, 6) is -3.33. The lowest BCUT2D eigenvalue weighted by molar-refractivity contribution is -0.125. The zero-order valence-corrected chi connectivity index (χ0v) is 15.4. The second kappa shape index (κ2) is 6.63. The van der Waals surface area contributed by atoms with Gasteiger partial charge in [0, 0.05) is 5.02 Å². The van der Waals surface area contributed by atoms with Gasteiger partial charge >= 0.3 is 0 Å². The van der Waals surface area contributed by atoms with Crippen molar-refractivity contribution in [1.29, 1.82) is 0 Å². The van der Waals surface area contributed by atoms with Gasteiger partial charge in [-0.2, -0.15) is 0 Å². The van der Waals surface area contributed by atoms with Crippen molar-refractivity contribution in [3.8, 4) is 0 Å². The van der Waals surface area contributed by atoms with Gasteiger partial charge in [-0.1, -0.05) is 36.7 Å². The molecule has 0 saturated carbocycles. The van der Waals surface area contributed by atoms with Crippen LogP contribution in [0.25, 0.3) is 0 Å². The predicted molar refractivity (Wildman–Crippen MR) is 93.4 cm³/mol. The molecule has 1 atom stereocenters. The third-order valence-corrected chi connectivity index (χ3v) is 6.62. The van der Waals surface area contributed by atoms with Crippen molar-refractivity contribution >= 4 is 27.5 Å². The summed E-state index contributed by atoms with van der Waals surface area (Å²) in [4.78, 5) is 11.7. The summed E-state index contributed by atoms with van der Waals surface area (Å²) in [6.07, 6.45) is 1.20.